The lowest BCUT2D eigenvalue weighted by Crippen LogP contribution is -2.16. The van der Waals surface area contributed by atoms with Crippen molar-refractivity contribution in [2.24, 2.45) is 0 Å². The number of nitrogen functional groups attached to an aromatic ring is 1. The summed E-state index contributed by atoms with van der Waals surface area (Å²) in [7, 11) is 0. The minimum absolute atomic E-state index is 0.202. The van der Waals surface area contributed by atoms with Crippen LogP contribution < -0.4 is 11.1 Å². The number of hydrogen-bond donors (Lipinski definition) is 2. The molecule has 0 aliphatic rings. The molecule has 3 N–H and O–H groups in total. The van der Waals surface area contributed by atoms with Crippen molar-refractivity contribution in [3.63, 3.8) is 0 Å². The second-order valence-corrected chi connectivity index (χ2v) is 4.01. The topological polar surface area (TPSA) is 63.8 Å². The zero-order valence-electron chi connectivity index (χ0n) is 9.13. The number of nitrogens with one attached hydrogen (secondary N) is 1. The first-order chi connectivity index (χ1) is 7.11. The van der Waals surface area contributed by atoms with E-state index in [4.69, 9.17) is 17.3 Å². The van der Waals surface area contributed by atoms with Gasteiger partial charge in [-0.1, -0.05) is 31.4 Å². The zero-order chi connectivity index (χ0) is 11.3. The predicted octanol–water partition coefficient (Wildman–Crippen LogP) is 2.70. The number of nitrogens with two attached hydrogens (primary N) is 1. The largest absolute Gasteiger partial charge is 0.368 e. The van der Waals surface area contributed by atoms with Crippen molar-refractivity contribution in [1.82, 2.24) is 9.97 Å². The lowest BCUT2D eigenvalue weighted by molar-refractivity contribution is 0.643. The van der Waals surface area contributed by atoms with Gasteiger partial charge in [0.25, 0.3) is 0 Å². The number of anilines is 2. The fraction of sp³-hybridized carbons (Fsp3) is 0.600. The van der Waals surface area contributed by atoms with Crippen LogP contribution in [0.4, 0.5) is 11.8 Å². The van der Waals surface area contributed by atoms with Crippen LogP contribution in [0.5, 0.6) is 0 Å². The van der Waals surface area contributed by atoms with Crippen LogP contribution in [0.1, 0.15) is 33.1 Å². The fourth-order valence-electron chi connectivity index (χ4n) is 1.34. The lowest BCUT2D eigenvalue weighted by atomic mass is 10.1. The number of hydrogen-bond acceptors (Lipinski definition) is 4. The molecule has 1 unspecified atom stereocenters. The highest BCUT2D eigenvalue weighted by atomic mass is 35.5. The number of rotatable bonds is 5. The molecule has 5 heteroatoms. The van der Waals surface area contributed by atoms with Gasteiger partial charge in [-0.25, -0.2) is 4.98 Å². The van der Waals surface area contributed by atoms with E-state index in [1.807, 2.05) is 0 Å². The summed E-state index contributed by atoms with van der Waals surface area (Å²) in [6.45, 7) is 4.29. The number of nitrogens with zero attached hydrogens (tertiary/aromatic N) is 2. The highest BCUT2D eigenvalue weighted by molar-refractivity contribution is 6.29. The third kappa shape index (κ3) is 4.34. The quantitative estimate of drug-likeness (QED) is 0.761. The summed E-state index contributed by atoms with van der Waals surface area (Å²) < 4.78 is 0. The molecule has 0 spiro atoms. The molecule has 0 saturated carbocycles. The molecule has 4 nitrogen and oxygen atoms in total. The molecule has 0 radical (unpaired) electrons. The van der Waals surface area contributed by atoms with Gasteiger partial charge in [0.15, 0.2) is 0 Å². The first-order valence-electron chi connectivity index (χ1n) is 5.18. The molecule has 0 aliphatic carbocycles. The third-order valence-corrected chi connectivity index (χ3v) is 2.29. The van der Waals surface area contributed by atoms with Crippen molar-refractivity contribution in [2.75, 3.05) is 11.1 Å². The van der Waals surface area contributed by atoms with E-state index in [0.29, 0.717) is 17.0 Å². The van der Waals surface area contributed by atoms with Gasteiger partial charge >= 0.3 is 0 Å². The molecule has 0 aliphatic heterocycles. The molecule has 15 heavy (non-hydrogen) atoms. The van der Waals surface area contributed by atoms with Gasteiger partial charge in [-0.3, -0.25) is 0 Å². The van der Waals surface area contributed by atoms with Crippen LogP contribution in [0, 0.1) is 0 Å². The molecule has 1 aromatic rings. The SMILES string of the molecule is CCCCC(C)Nc1cc(Cl)nc(N)n1. The van der Waals surface area contributed by atoms with E-state index < -0.39 is 0 Å². The van der Waals surface area contributed by atoms with E-state index in [9.17, 15) is 0 Å². The van der Waals surface area contributed by atoms with Crippen molar-refractivity contribution in [1.29, 1.82) is 0 Å². The minimum Gasteiger partial charge on any atom is -0.368 e. The molecule has 0 bridgehead atoms. The second kappa shape index (κ2) is 5.75. The Bertz CT molecular complexity index is 296. The zero-order valence-corrected chi connectivity index (χ0v) is 9.88. The van der Waals surface area contributed by atoms with Crippen LogP contribution in [0.3, 0.4) is 0 Å². The molecule has 0 amide bonds. The third-order valence-electron chi connectivity index (χ3n) is 2.10. The van der Waals surface area contributed by atoms with Crippen LogP contribution >= 0.6 is 11.6 Å². The van der Waals surface area contributed by atoms with Crippen molar-refractivity contribution >= 4 is 23.4 Å². The molecule has 0 aromatic carbocycles. The van der Waals surface area contributed by atoms with E-state index >= 15 is 0 Å². The average Bonchev–Trinajstić information content (AvgIpc) is 2.13. The Hall–Kier alpha value is -1.03. The predicted molar refractivity (Wildman–Crippen MR) is 64.1 cm³/mol. The van der Waals surface area contributed by atoms with Gasteiger partial charge in [0, 0.05) is 12.1 Å². The van der Waals surface area contributed by atoms with Crippen molar-refractivity contribution < 1.29 is 0 Å². The Morgan fingerprint density at radius 1 is 1.53 bits per heavy atom. The molecule has 1 heterocycles. The van der Waals surface area contributed by atoms with E-state index in [2.05, 4.69) is 29.1 Å². The van der Waals surface area contributed by atoms with Crippen LogP contribution in [0.15, 0.2) is 6.07 Å². The van der Waals surface area contributed by atoms with Crippen LogP contribution in [-0.4, -0.2) is 16.0 Å². The van der Waals surface area contributed by atoms with Crippen LogP contribution in [0.2, 0.25) is 5.15 Å². The van der Waals surface area contributed by atoms with Gasteiger partial charge in [-0.15, -0.1) is 0 Å². The van der Waals surface area contributed by atoms with Gasteiger partial charge in [-0.2, -0.15) is 4.98 Å². The monoisotopic (exact) mass is 228 g/mol. The standard InChI is InChI=1S/C10H17ClN4/c1-3-4-5-7(2)13-9-6-8(11)14-10(12)15-9/h6-7H,3-5H2,1-2H3,(H3,12,13,14,15). The summed E-state index contributed by atoms with van der Waals surface area (Å²) in [5.74, 6) is 0.892. The molecular weight excluding hydrogens is 212 g/mol. The first-order valence-corrected chi connectivity index (χ1v) is 5.56. The van der Waals surface area contributed by atoms with Crippen molar-refractivity contribution in [3.8, 4) is 0 Å². The highest BCUT2D eigenvalue weighted by Crippen LogP contribution is 2.14. The van der Waals surface area contributed by atoms with E-state index in [-0.39, 0.29) is 5.95 Å². The van der Waals surface area contributed by atoms with E-state index in [1.165, 1.54) is 12.8 Å². The smallest absolute Gasteiger partial charge is 0.223 e. The fourth-order valence-corrected chi connectivity index (χ4v) is 1.53. The Balaban J connectivity index is 2.56. The Morgan fingerprint density at radius 2 is 2.27 bits per heavy atom. The summed E-state index contributed by atoms with van der Waals surface area (Å²) >= 11 is 5.77. The average molecular weight is 229 g/mol. The normalized spacial score (nSPS) is 12.5. The molecule has 0 saturated heterocycles. The summed E-state index contributed by atoms with van der Waals surface area (Å²) in [6, 6.07) is 2.05. The minimum atomic E-state index is 0.202. The van der Waals surface area contributed by atoms with Gasteiger partial charge in [0.2, 0.25) is 5.95 Å². The Labute approximate surface area is 95.3 Å². The summed E-state index contributed by atoms with van der Waals surface area (Å²) in [4.78, 5) is 7.85. The highest BCUT2D eigenvalue weighted by Gasteiger charge is 2.04. The number of halogens is 1. The molecular formula is C10H17ClN4. The molecule has 0 fully saturated rings. The first kappa shape index (κ1) is 12.0. The van der Waals surface area contributed by atoms with Gasteiger partial charge in [-0.05, 0) is 13.3 Å². The lowest BCUT2D eigenvalue weighted by Gasteiger charge is -2.13. The number of aromatic nitrogens is 2. The maximum atomic E-state index is 5.77. The van der Waals surface area contributed by atoms with Crippen molar-refractivity contribution in [3.05, 3.63) is 11.2 Å². The summed E-state index contributed by atoms with van der Waals surface area (Å²) in [5, 5.41) is 3.61. The molecule has 1 aromatic heterocycles. The van der Waals surface area contributed by atoms with Crippen LogP contribution in [0.25, 0.3) is 0 Å². The Kier molecular flexibility index (Phi) is 4.62. The van der Waals surface area contributed by atoms with Crippen LogP contribution in [-0.2, 0) is 0 Å². The number of unbranched alkanes of at least 4 members (excludes halogenated alkanes) is 1. The van der Waals surface area contributed by atoms with Gasteiger partial charge in [0.05, 0.1) is 0 Å². The Morgan fingerprint density at radius 3 is 2.87 bits per heavy atom. The second-order valence-electron chi connectivity index (χ2n) is 3.62. The molecule has 1 atom stereocenters. The maximum absolute atomic E-state index is 5.77. The molecule has 84 valence electrons. The van der Waals surface area contributed by atoms with Gasteiger partial charge in [0.1, 0.15) is 11.0 Å². The summed E-state index contributed by atoms with van der Waals surface area (Å²) in [6.07, 6.45) is 3.50. The maximum Gasteiger partial charge on any atom is 0.223 e. The molecule has 1 rings (SSSR count). The van der Waals surface area contributed by atoms with E-state index in [1.54, 1.807) is 6.07 Å². The summed E-state index contributed by atoms with van der Waals surface area (Å²) in [5.41, 5.74) is 5.49. The van der Waals surface area contributed by atoms with E-state index in [0.717, 1.165) is 6.42 Å². The van der Waals surface area contributed by atoms with Crippen molar-refractivity contribution in [2.45, 2.75) is 39.2 Å². The van der Waals surface area contributed by atoms with Gasteiger partial charge < -0.3 is 11.1 Å².